The van der Waals surface area contributed by atoms with Crippen molar-refractivity contribution in [2.45, 2.75) is 25.8 Å². The maximum absolute atomic E-state index is 14.0. The first-order valence-electron chi connectivity index (χ1n) is 6.89. The summed E-state index contributed by atoms with van der Waals surface area (Å²) in [4.78, 5) is 4.42. The first kappa shape index (κ1) is 16.4. The van der Waals surface area contributed by atoms with Crippen LogP contribution in [-0.4, -0.2) is 11.5 Å². The van der Waals surface area contributed by atoms with Gasteiger partial charge in [0, 0.05) is 15.7 Å². The number of aromatic nitrogens is 1. The average Bonchev–Trinajstić information content (AvgIpc) is 2.46. The molecule has 5 heteroatoms. The molecule has 1 aromatic heterocycles. The van der Waals surface area contributed by atoms with E-state index in [0.29, 0.717) is 17.0 Å². The fourth-order valence-electron chi connectivity index (χ4n) is 2.10. The van der Waals surface area contributed by atoms with Crippen LogP contribution in [0, 0.1) is 5.82 Å². The number of hydrogen-bond donors (Lipinski definition) is 1. The summed E-state index contributed by atoms with van der Waals surface area (Å²) in [7, 11) is 0. The smallest absolute Gasteiger partial charge is 0.127 e. The molecular formula is C16H17BrClFN2. The molecule has 0 saturated carbocycles. The summed E-state index contributed by atoms with van der Waals surface area (Å²) in [5.41, 5.74) is 1.54. The molecule has 0 aliphatic carbocycles. The standard InChI is InChI=1S/C16H17BrClFN2/c1-2-7-20-16(15-6-4-12(17)10-21-15)8-11-3-5-13(18)9-14(11)19/h3-6,9-10,16,20H,2,7-8H2,1H3. The molecule has 0 amide bonds. The van der Waals surface area contributed by atoms with Crippen LogP contribution in [0.4, 0.5) is 4.39 Å². The molecule has 1 heterocycles. The van der Waals surface area contributed by atoms with Crippen molar-refractivity contribution in [3.8, 4) is 0 Å². The number of hydrogen-bond acceptors (Lipinski definition) is 2. The molecule has 21 heavy (non-hydrogen) atoms. The largest absolute Gasteiger partial charge is 0.308 e. The van der Waals surface area contributed by atoms with E-state index >= 15 is 0 Å². The number of rotatable bonds is 6. The van der Waals surface area contributed by atoms with Crippen LogP contribution < -0.4 is 5.32 Å². The van der Waals surface area contributed by atoms with E-state index in [-0.39, 0.29) is 11.9 Å². The lowest BCUT2D eigenvalue weighted by Crippen LogP contribution is -2.25. The molecule has 2 aromatic rings. The predicted molar refractivity (Wildman–Crippen MR) is 88.1 cm³/mol. The average molecular weight is 372 g/mol. The van der Waals surface area contributed by atoms with Gasteiger partial charge in [0.2, 0.25) is 0 Å². The Kier molecular flexibility index (Phi) is 6.15. The first-order valence-corrected chi connectivity index (χ1v) is 8.06. The quantitative estimate of drug-likeness (QED) is 0.779. The molecule has 1 N–H and O–H groups in total. The molecular weight excluding hydrogens is 355 g/mol. The number of benzene rings is 1. The van der Waals surface area contributed by atoms with Crippen LogP contribution in [0.15, 0.2) is 41.0 Å². The summed E-state index contributed by atoms with van der Waals surface area (Å²) < 4.78 is 14.9. The van der Waals surface area contributed by atoms with Crippen LogP contribution in [0.25, 0.3) is 0 Å². The fraction of sp³-hybridized carbons (Fsp3) is 0.312. The maximum Gasteiger partial charge on any atom is 0.127 e. The monoisotopic (exact) mass is 370 g/mol. The van der Waals surface area contributed by atoms with Gasteiger partial charge in [-0.1, -0.05) is 24.6 Å². The van der Waals surface area contributed by atoms with Crippen LogP contribution in [-0.2, 0) is 6.42 Å². The molecule has 0 spiro atoms. The van der Waals surface area contributed by atoms with Crippen LogP contribution >= 0.6 is 27.5 Å². The Morgan fingerprint density at radius 3 is 2.76 bits per heavy atom. The Morgan fingerprint density at radius 2 is 2.14 bits per heavy atom. The summed E-state index contributed by atoms with van der Waals surface area (Å²) in [6, 6.07) is 8.67. The second-order valence-electron chi connectivity index (χ2n) is 4.85. The van der Waals surface area contributed by atoms with Gasteiger partial charge in [-0.3, -0.25) is 4.98 Å². The topological polar surface area (TPSA) is 24.9 Å². The first-order chi connectivity index (χ1) is 10.1. The van der Waals surface area contributed by atoms with Gasteiger partial charge in [0.25, 0.3) is 0 Å². The SMILES string of the molecule is CCCNC(Cc1ccc(Cl)cc1F)c1ccc(Br)cn1. The van der Waals surface area contributed by atoms with Gasteiger partial charge in [-0.2, -0.15) is 0 Å². The Bertz CT molecular complexity index is 589. The maximum atomic E-state index is 14.0. The third-order valence-corrected chi connectivity index (χ3v) is 3.89. The summed E-state index contributed by atoms with van der Waals surface area (Å²) >= 11 is 9.17. The molecule has 112 valence electrons. The molecule has 0 radical (unpaired) electrons. The fourth-order valence-corrected chi connectivity index (χ4v) is 2.49. The summed E-state index contributed by atoms with van der Waals surface area (Å²) in [6.45, 7) is 2.96. The van der Waals surface area contributed by atoms with E-state index in [1.807, 2.05) is 12.1 Å². The van der Waals surface area contributed by atoms with Crippen molar-refractivity contribution in [2.24, 2.45) is 0 Å². The van der Waals surface area contributed by atoms with Gasteiger partial charge in [-0.05, 0) is 65.1 Å². The lowest BCUT2D eigenvalue weighted by Gasteiger charge is -2.18. The number of nitrogens with zero attached hydrogens (tertiary/aromatic N) is 1. The van der Waals surface area contributed by atoms with E-state index in [9.17, 15) is 4.39 Å². The lowest BCUT2D eigenvalue weighted by atomic mass is 10.0. The molecule has 1 aromatic carbocycles. The van der Waals surface area contributed by atoms with Crippen LogP contribution in [0.2, 0.25) is 5.02 Å². The second-order valence-corrected chi connectivity index (χ2v) is 6.20. The van der Waals surface area contributed by atoms with Gasteiger partial charge in [0.15, 0.2) is 0 Å². The van der Waals surface area contributed by atoms with Crippen molar-refractivity contribution in [2.75, 3.05) is 6.54 Å². The number of nitrogens with one attached hydrogen (secondary N) is 1. The minimum absolute atomic E-state index is 0.0197. The van der Waals surface area contributed by atoms with Crippen LogP contribution in [0.1, 0.15) is 30.6 Å². The van der Waals surface area contributed by atoms with Gasteiger partial charge < -0.3 is 5.32 Å². The molecule has 0 aliphatic heterocycles. The minimum Gasteiger partial charge on any atom is -0.308 e. The molecule has 1 atom stereocenters. The molecule has 0 aliphatic rings. The molecule has 2 rings (SSSR count). The highest BCUT2D eigenvalue weighted by Crippen LogP contribution is 2.22. The minimum atomic E-state index is -0.275. The Hall–Kier alpha value is -0.970. The zero-order chi connectivity index (χ0) is 15.2. The van der Waals surface area contributed by atoms with Crippen molar-refractivity contribution in [1.29, 1.82) is 0 Å². The van der Waals surface area contributed by atoms with E-state index in [0.717, 1.165) is 23.1 Å². The number of halogens is 3. The van der Waals surface area contributed by atoms with Gasteiger partial charge in [0.1, 0.15) is 5.82 Å². The van der Waals surface area contributed by atoms with Gasteiger partial charge in [0.05, 0.1) is 11.7 Å². The van der Waals surface area contributed by atoms with Crippen molar-refractivity contribution in [1.82, 2.24) is 10.3 Å². The number of pyridine rings is 1. The Balaban J connectivity index is 2.21. The van der Waals surface area contributed by atoms with Crippen molar-refractivity contribution >= 4 is 27.5 Å². The third kappa shape index (κ3) is 4.77. The molecule has 0 bridgehead atoms. The van der Waals surface area contributed by atoms with E-state index in [4.69, 9.17) is 11.6 Å². The highest BCUT2D eigenvalue weighted by atomic mass is 79.9. The summed E-state index contributed by atoms with van der Waals surface area (Å²) in [5.74, 6) is -0.275. The van der Waals surface area contributed by atoms with E-state index in [1.165, 1.54) is 6.07 Å². The van der Waals surface area contributed by atoms with Gasteiger partial charge >= 0.3 is 0 Å². The van der Waals surface area contributed by atoms with Crippen LogP contribution in [0.5, 0.6) is 0 Å². The molecule has 0 fully saturated rings. The third-order valence-electron chi connectivity index (χ3n) is 3.19. The molecule has 2 nitrogen and oxygen atoms in total. The predicted octanol–water partition coefficient (Wildman–Crippen LogP) is 4.92. The Labute approximate surface area is 137 Å². The molecule has 1 unspecified atom stereocenters. The van der Waals surface area contributed by atoms with Gasteiger partial charge in [-0.25, -0.2) is 4.39 Å². The highest BCUT2D eigenvalue weighted by molar-refractivity contribution is 9.10. The molecule has 0 saturated heterocycles. The van der Waals surface area contributed by atoms with Gasteiger partial charge in [-0.15, -0.1) is 0 Å². The zero-order valence-electron chi connectivity index (χ0n) is 11.7. The normalized spacial score (nSPS) is 12.4. The highest BCUT2D eigenvalue weighted by Gasteiger charge is 2.15. The Morgan fingerprint density at radius 1 is 1.33 bits per heavy atom. The summed E-state index contributed by atoms with van der Waals surface area (Å²) in [6.07, 6.45) is 3.31. The van der Waals surface area contributed by atoms with Crippen molar-refractivity contribution < 1.29 is 4.39 Å². The van der Waals surface area contributed by atoms with Crippen LogP contribution in [0.3, 0.4) is 0 Å². The summed E-state index contributed by atoms with van der Waals surface area (Å²) in [5, 5.41) is 3.83. The zero-order valence-corrected chi connectivity index (χ0v) is 14.1. The lowest BCUT2D eigenvalue weighted by molar-refractivity contribution is 0.503. The second kappa shape index (κ2) is 7.87. The van der Waals surface area contributed by atoms with Crippen molar-refractivity contribution in [3.63, 3.8) is 0 Å². The van der Waals surface area contributed by atoms with E-state index in [2.05, 4.69) is 33.2 Å². The van der Waals surface area contributed by atoms with E-state index < -0.39 is 0 Å². The van der Waals surface area contributed by atoms with Crippen molar-refractivity contribution in [3.05, 3.63) is 63.1 Å². The van der Waals surface area contributed by atoms with E-state index in [1.54, 1.807) is 18.3 Å².